The van der Waals surface area contributed by atoms with Gasteiger partial charge in [-0.1, -0.05) is 60.7 Å². The highest BCUT2D eigenvalue weighted by atomic mass is 16.6. The highest BCUT2D eigenvalue weighted by Gasteiger charge is 2.25. The van der Waals surface area contributed by atoms with Gasteiger partial charge in [-0.15, -0.1) is 0 Å². The van der Waals surface area contributed by atoms with E-state index in [0.29, 0.717) is 12.8 Å². The molecule has 1 N–H and O–H groups in total. The summed E-state index contributed by atoms with van der Waals surface area (Å²) in [6, 6.07) is 18.6. The summed E-state index contributed by atoms with van der Waals surface area (Å²) >= 11 is 0. The molecule has 7 heteroatoms. The van der Waals surface area contributed by atoms with Crippen molar-refractivity contribution in [2.75, 3.05) is 20.6 Å². The Bertz CT molecular complexity index is 809. The van der Waals surface area contributed by atoms with E-state index < -0.39 is 18.2 Å². The number of nitrogens with zero attached hydrogens (tertiary/aromatic N) is 1. The molecule has 0 fully saturated rings. The maximum absolute atomic E-state index is 12.6. The fourth-order valence-corrected chi connectivity index (χ4v) is 2.65. The second-order valence-electron chi connectivity index (χ2n) is 7.00. The zero-order valence-electron chi connectivity index (χ0n) is 17.4. The van der Waals surface area contributed by atoms with Crippen LogP contribution in [-0.4, -0.2) is 49.6 Å². The van der Waals surface area contributed by atoms with Gasteiger partial charge in [0.25, 0.3) is 0 Å². The van der Waals surface area contributed by atoms with Gasteiger partial charge < -0.3 is 19.7 Å². The molecule has 1 unspecified atom stereocenters. The number of esters is 1. The van der Waals surface area contributed by atoms with E-state index in [1.807, 2.05) is 60.7 Å². The van der Waals surface area contributed by atoms with Crippen LogP contribution in [0.2, 0.25) is 0 Å². The molecule has 160 valence electrons. The van der Waals surface area contributed by atoms with Crippen LogP contribution in [0.4, 0.5) is 4.79 Å². The summed E-state index contributed by atoms with van der Waals surface area (Å²) < 4.78 is 10.7. The lowest BCUT2D eigenvalue weighted by Gasteiger charge is -2.17. The number of benzene rings is 2. The van der Waals surface area contributed by atoms with Gasteiger partial charge >= 0.3 is 12.1 Å². The van der Waals surface area contributed by atoms with Gasteiger partial charge in [-0.3, -0.25) is 4.79 Å². The van der Waals surface area contributed by atoms with E-state index in [4.69, 9.17) is 9.47 Å². The fraction of sp³-hybridized carbons (Fsp3) is 0.348. The number of amides is 2. The largest absolute Gasteiger partial charge is 0.458 e. The zero-order chi connectivity index (χ0) is 21.8. The molecular weight excluding hydrogens is 384 g/mol. The van der Waals surface area contributed by atoms with Crippen LogP contribution in [0, 0.1) is 0 Å². The number of alkyl carbamates (subject to hydrolysis) is 1. The number of hydrogen-bond donors (Lipinski definition) is 1. The maximum Gasteiger partial charge on any atom is 0.407 e. The molecule has 0 radical (unpaired) electrons. The quantitative estimate of drug-likeness (QED) is 0.479. The third kappa shape index (κ3) is 8.34. The molecule has 0 spiro atoms. The Morgan fingerprint density at radius 1 is 0.933 bits per heavy atom. The normalized spacial score (nSPS) is 11.3. The van der Waals surface area contributed by atoms with Crippen LogP contribution in [-0.2, 0) is 32.1 Å². The minimum absolute atomic E-state index is 0.0170. The summed E-state index contributed by atoms with van der Waals surface area (Å²) in [5.74, 6) is -0.628. The second kappa shape index (κ2) is 12.3. The maximum atomic E-state index is 12.6. The van der Waals surface area contributed by atoms with Crippen molar-refractivity contribution in [3.8, 4) is 0 Å². The Balaban J connectivity index is 1.89. The van der Waals surface area contributed by atoms with Crippen molar-refractivity contribution in [3.63, 3.8) is 0 Å². The molecule has 0 heterocycles. The molecule has 2 rings (SSSR count). The Hall–Kier alpha value is -3.35. The summed E-state index contributed by atoms with van der Waals surface area (Å²) in [4.78, 5) is 37.8. The van der Waals surface area contributed by atoms with Gasteiger partial charge in [0, 0.05) is 33.5 Å². The molecule has 2 amide bonds. The molecule has 30 heavy (non-hydrogen) atoms. The number of carbonyl (C=O) groups is 3. The van der Waals surface area contributed by atoms with Crippen molar-refractivity contribution in [1.82, 2.24) is 10.2 Å². The predicted octanol–water partition coefficient (Wildman–Crippen LogP) is 2.94. The summed E-state index contributed by atoms with van der Waals surface area (Å²) in [5, 5.41) is 2.58. The average Bonchev–Trinajstić information content (AvgIpc) is 2.75. The number of carbonyl (C=O) groups excluding carboxylic acids is 3. The molecule has 2 aromatic carbocycles. The molecule has 0 aliphatic heterocycles. The Kier molecular flexibility index (Phi) is 9.37. The minimum Gasteiger partial charge on any atom is -0.458 e. The highest BCUT2D eigenvalue weighted by Crippen LogP contribution is 2.10. The van der Waals surface area contributed by atoms with E-state index in [1.165, 1.54) is 4.90 Å². The first-order valence-corrected chi connectivity index (χ1v) is 9.85. The molecule has 0 bridgehead atoms. The van der Waals surface area contributed by atoms with Crippen LogP contribution >= 0.6 is 0 Å². The van der Waals surface area contributed by atoms with Crippen LogP contribution in [0.25, 0.3) is 0 Å². The van der Waals surface area contributed by atoms with Crippen molar-refractivity contribution in [1.29, 1.82) is 0 Å². The zero-order valence-corrected chi connectivity index (χ0v) is 17.4. The monoisotopic (exact) mass is 412 g/mol. The van der Waals surface area contributed by atoms with Crippen molar-refractivity contribution < 1.29 is 23.9 Å². The van der Waals surface area contributed by atoms with Gasteiger partial charge in [0.1, 0.15) is 6.61 Å². The highest BCUT2D eigenvalue weighted by molar-refractivity contribution is 5.79. The predicted molar refractivity (Wildman–Crippen MR) is 113 cm³/mol. The molecule has 1 atom stereocenters. The lowest BCUT2D eigenvalue weighted by Crippen LogP contribution is -2.36. The van der Waals surface area contributed by atoms with E-state index in [0.717, 1.165) is 11.1 Å². The van der Waals surface area contributed by atoms with Crippen molar-refractivity contribution >= 4 is 18.0 Å². The van der Waals surface area contributed by atoms with Crippen molar-refractivity contribution in [2.45, 2.75) is 32.0 Å². The number of hydrogen-bond acceptors (Lipinski definition) is 5. The summed E-state index contributed by atoms with van der Waals surface area (Å²) in [7, 11) is 3.36. The molecule has 0 saturated heterocycles. The SMILES string of the molecule is CN(C)C(=O)CCCNC(=O)OC(Cc1ccccc1)C(=O)OCc1ccccc1. The van der Waals surface area contributed by atoms with E-state index in [1.54, 1.807) is 14.1 Å². The average molecular weight is 412 g/mol. The van der Waals surface area contributed by atoms with Gasteiger partial charge in [0.05, 0.1) is 0 Å². The molecule has 0 saturated carbocycles. The lowest BCUT2D eigenvalue weighted by atomic mass is 10.1. The Labute approximate surface area is 177 Å². The fourth-order valence-electron chi connectivity index (χ4n) is 2.65. The van der Waals surface area contributed by atoms with Crippen molar-refractivity contribution in [3.05, 3.63) is 71.8 Å². The van der Waals surface area contributed by atoms with Gasteiger partial charge in [0.15, 0.2) is 0 Å². The first kappa shape index (κ1) is 22.9. The summed E-state index contributed by atoms with van der Waals surface area (Å²) in [6.07, 6.45) is -0.779. The van der Waals surface area contributed by atoms with Crippen LogP contribution in [0.5, 0.6) is 0 Å². The number of ether oxygens (including phenoxy) is 2. The number of nitrogens with one attached hydrogen (secondary N) is 1. The first-order chi connectivity index (χ1) is 14.5. The van der Waals surface area contributed by atoms with Crippen LogP contribution in [0.3, 0.4) is 0 Å². The van der Waals surface area contributed by atoms with Crippen LogP contribution in [0.1, 0.15) is 24.0 Å². The van der Waals surface area contributed by atoms with E-state index in [-0.39, 0.29) is 25.5 Å². The minimum atomic E-state index is -1.07. The second-order valence-corrected chi connectivity index (χ2v) is 7.00. The third-order valence-corrected chi connectivity index (χ3v) is 4.34. The van der Waals surface area contributed by atoms with Crippen LogP contribution < -0.4 is 5.32 Å². The van der Waals surface area contributed by atoms with Crippen LogP contribution in [0.15, 0.2) is 60.7 Å². The number of rotatable bonds is 10. The molecule has 0 aliphatic rings. The van der Waals surface area contributed by atoms with Gasteiger partial charge in [-0.05, 0) is 17.5 Å². The standard InChI is InChI=1S/C23H28N2O5/c1-25(2)21(26)14-9-15-24-23(28)30-20(16-18-10-5-3-6-11-18)22(27)29-17-19-12-7-4-8-13-19/h3-8,10-13,20H,9,14-17H2,1-2H3,(H,24,28). The van der Waals surface area contributed by atoms with Gasteiger partial charge in [-0.25, -0.2) is 9.59 Å². The summed E-state index contributed by atoms with van der Waals surface area (Å²) in [6.45, 7) is 0.373. The van der Waals surface area contributed by atoms with Gasteiger partial charge in [0.2, 0.25) is 12.0 Å². The molecule has 0 aliphatic carbocycles. The van der Waals surface area contributed by atoms with E-state index in [9.17, 15) is 14.4 Å². The lowest BCUT2D eigenvalue weighted by molar-refractivity contribution is -0.155. The van der Waals surface area contributed by atoms with Gasteiger partial charge in [-0.2, -0.15) is 0 Å². The van der Waals surface area contributed by atoms with E-state index >= 15 is 0 Å². The third-order valence-electron chi connectivity index (χ3n) is 4.34. The van der Waals surface area contributed by atoms with Crippen molar-refractivity contribution in [2.24, 2.45) is 0 Å². The smallest absolute Gasteiger partial charge is 0.407 e. The Morgan fingerprint density at radius 2 is 1.53 bits per heavy atom. The molecule has 7 nitrogen and oxygen atoms in total. The first-order valence-electron chi connectivity index (χ1n) is 9.85. The molecule has 2 aromatic rings. The topological polar surface area (TPSA) is 84.9 Å². The summed E-state index contributed by atoms with van der Waals surface area (Å²) in [5.41, 5.74) is 1.70. The molecule has 0 aromatic heterocycles. The van der Waals surface area contributed by atoms with E-state index in [2.05, 4.69) is 5.32 Å². The Morgan fingerprint density at radius 3 is 2.13 bits per heavy atom. The molecular formula is C23H28N2O5.